The van der Waals surface area contributed by atoms with Crippen LogP contribution in [0.4, 0.5) is 0 Å². The Hall–Kier alpha value is 0.137. The van der Waals surface area contributed by atoms with E-state index in [9.17, 15) is 0 Å². The van der Waals surface area contributed by atoms with Crippen LogP contribution in [0.3, 0.4) is 0 Å². The summed E-state index contributed by atoms with van der Waals surface area (Å²) in [7, 11) is 0.850. The molecule has 1 heterocycles. The molecule has 0 aromatic heterocycles. The second kappa shape index (κ2) is 5.28. The Kier molecular flexibility index (Phi) is 4.61. The molecule has 2 atom stereocenters. The Morgan fingerprint density at radius 1 is 1.57 bits per heavy atom. The predicted molar refractivity (Wildman–Crippen MR) is 64.5 cm³/mol. The molecule has 1 rings (SSSR count). The maximum atomic E-state index is 5.76. The summed E-state index contributed by atoms with van der Waals surface area (Å²) in [5.74, 6) is 1.53. The fourth-order valence-electron chi connectivity index (χ4n) is 2.77. The first-order chi connectivity index (χ1) is 6.61. The first-order valence-corrected chi connectivity index (χ1v) is 6.69. The third-order valence-electron chi connectivity index (χ3n) is 3.76. The van der Waals surface area contributed by atoms with Crippen molar-refractivity contribution < 1.29 is 4.43 Å². The lowest BCUT2D eigenvalue weighted by Gasteiger charge is -2.40. The summed E-state index contributed by atoms with van der Waals surface area (Å²) >= 11 is 0. The highest BCUT2D eigenvalue weighted by Crippen LogP contribution is 2.33. The molecule has 14 heavy (non-hydrogen) atoms. The zero-order valence-corrected chi connectivity index (χ0v) is 12.1. The van der Waals surface area contributed by atoms with Gasteiger partial charge < -0.3 is 9.74 Å². The minimum Gasteiger partial charge on any atom is -0.423 e. The van der Waals surface area contributed by atoms with Crippen molar-refractivity contribution in [2.24, 2.45) is 11.8 Å². The topological polar surface area (TPSA) is 21.3 Å². The van der Waals surface area contributed by atoms with Crippen LogP contribution in [0.2, 0.25) is 0 Å². The fraction of sp³-hybridized carbons (Fsp3) is 1.00. The minimum atomic E-state index is 0.0880. The smallest absolute Gasteiger partial charge is 0.146 e. The third kappa shape index (κ3) is 2.81. The van der Waals surface area contributed by atoms with Gasteiger partial charge in [-0.1, -0.05) is 13.3 Å². The number of rotatable bonds is 4. The minimum absolute atomic E-state index is 0.0880. The molecule has 0 saturated carbocycles. The molecule has 0 aromatic carbocycles. The van der Waals surface area contributed by atoms with Gasteiger partial charge in [0.25, 0.3) is 0 Å². The van der Waals surface area contributed by atoms with Gasteiger partial charge in [0.2, 0.25) is 0 Å². The molecule has 1 saturated heterocycles. The number of nitrogens with one attached hydrogen (secondary N) is 1. The van der Waals surface area contributed by atoms with Gasteiger partial charge in [-0.25, -0.2) is 0 Å². The van der Waals surface area contributed by atoms with Crippen molar-refractivity contribution >= 4 is 10.5 Å². The van der Waals surface area contributed by atoms with Gasteiger partial charge in [-0.3, -0.25) is 0 Å². The van der Waals surface area contributed by atoms with Crippen molar-refractivity contribution in [1.82, 2.24) is 5.32 Å². The van der Waals surface area contributed by atoms with Crippen LogP contribution in [0.25, 0.3) is 0 Å². The Morgan fingerprint density at radius 2 is 2.29 bits per heavy atom. The zero-order chi connectivity index (χ0) is 10.6. The van der Waals surface area contributed by atoms with Crippen LogP contribution in [0.5, 0.6) is 0 Å². The quantitative estimate of drug-likeness (QED) is 0.709. The molecule has 0 spiro atoms. The van der Waals surface area contributed by atoms with Crippen LogP contribution in [0, 0.1) is 11.8 Å². The summed E-state index contributed by atoms with van der Waals surface area (Å²) in [6.45, 7) is 9.19. The van der Waals surface area contributed by atoms with Crippen LogP contribution >= 0.6 is 0 Å². The zero-order valence-electron chi connectivity index (χ0n) is 10.1. The normalized spacial score (nSPS) is 26.4. The molecule has 3 heteroatoms. The Balaban J connectivity index is 2.59. The number of hydrogen-bond donors (Lipinski definition) is 1. The van der Waals surface area contributed by atoms with E-state index in [0.29, 0.717) is 5.92 Å². The van der Waals surface area contributed by atoms with Crippen LogP contribution in [-0.2, 0) is 4.43 Å². The van der Waals surface area contributed by atoms with Gasteiger partial charge in [0.05, 0.1) is 5.60 Å². The van der Waals surface area contributed by atoms with Gasteiger partial charge in [-0.05, 0) is 51.6 Å². The molecule has 1 fully saturated rings. The molecule has 84 valence electrons. The monoisotopic (exact) mass is 215 g/mol. The number of piperidine rings is 1. The van der Waals surface area contributed by atoms with E-state index in [1.54, 1.807) is 0 Å². The Morgan fingerprint density at radius 3 is 2.71 bits per heavy atom. The van der Waals surface area contributed by atoms with Gasteiger partial charge in [0, 0.05) is 0 Å². The first kappa shape index (κ1) is 12.2. The van der Waals surface area contributed by atoms with E-state index in [1.807, 2.05) is 0 Å². The van der Waals surface area contributed by atoms with Crippen LogP contribution in [0.1, 0.15) is 40.0 Å². The maximum Gasteiger partial charge on any atom is 0.146 e. The van der Waals surface area contributed by atoms with Crippen LogP contribution in [0.15, 0.2) is 0 Å². The molecule has 0 aliphatic carbocycles. The average molecular weight is 215 g/mol. The van der Waals surface area contributed by atoms with Crippen molar-refractivity contribution in [3.05, 3.63) is 0 Å². The van der Waals surface area contributed by atoms with Crippen molar-refractivity contribution in [2.45, 2.75) is 45.6 Å². The second-order valence-electron chi connectivity index (χ2n) is 4.93. The summed E-state index contributed by atoms with van der Waals surface area (Å²) in [4.78, 5) is 0. The Bertz CT molecular complexity index is 167. The summed E-state index contributed by atoms with van der Waals surface area (Å²) in [5, 5.41) is 3.50. The summed E-state index contributed by atoms with van der Waals surface area (Å²) in [6.07, 6.45) is 3.94. The highest BCUT2D eigenvalue weighted by atomic mass is 28.2. The van der Waals surface area contributed by atoms with Gasteiger partial charge in [0.15, 0.2) is 0 Å². The van der Waals surface area contributed by atoms with E-state index in [2.05, 4.69) is 26.1 Å². The molecule has 2 unspecified atom stereocenters. The lowest BCUT2D eigenvalue weighted by atomic mass is 9.75. The van der Waals surface area contributed by atoms with Crippen LogP contribution < -0.4 is 5.32 Å². The van der Waals surface area contributed by atoms with Gasteiger partial charge in [-0.15, -0.1) is 0 Å². The summed E-state index contributed by atoms with van der Waals surface area (Å²) in [5.41, 5.74) is 0.0880. The lowest BCUT2D eigenvalue weighted by Crippen LogP contribution is -2.44. The van der Waals surface area contributed by atoms with E-state index >= 15 is 0 Å². The average Bonchev–Trinajstić information content (AvgIpc) is 2.20. The highest BCUT2D eigenvalue weighted by Gasteiger charge is 2.34. The third-order valence-corrected chi connectivity index (χ3v) is 4.82. The summed E-state index contributed by atoms with van der Waals surface area (Å²) < 4.78 is 5.76. The second-order valence-corrected chi connectivity index (χ2v) is 5.34. The molecule has 1 aliphatic heterocycles. The van der Waals surface area contributed by atoms with E-state index in [-0.39, 0.29) is 5.60 Å². The molecule has 0 bridgehead atoms. The molecular weight excluding hydrogens is 190 g/mol. The first-order valence-electron chi connectivity index (χ1n) is 5.87. The number of hydrogen-bond acceptors (Lipinski definition) is 2. The fourth-order valence-corrected chi connectivity index (χ4v) is 3.07. The molecule has 0 aromatic rings. The van der Waals surface area contributed by atoms with Gasteiger partial charge in [-0.2, -0.15) is 0 Å². The summed E-state index contributed by atoms with van der Waals surface area (Å²) in [6, 6.07) is 0. The van der Waals surface area contributed by atoms with Gasteiger partial charge in [0.1, 0.15) is 10.5 Å². The molecule has 0 radical (unpaired) electrons. The van der Waals surface area contributed by atoms with Crippen molar-refractivity contribution in [3.63, 3.8) is 0 Å². The molecule has 1 aliphatic rings. The molecule has 1 N–H and O–H groups in total. The largest absolute Gasteiger partial charge is 0.423 e. The van der Waals surface area contributed by atoms with Crippen molar-refractivity contribution in [1.29, 1.82) is 0 Å². The van der Waals surface area contributed by atoms with E-state index in [1.165, 1.54) is 32.4 Å². The predicted octanol–water partition coefficient (Wildman–Crippen LogP) is 1.09. The Labute approximate surface area is 91.3 Å². The van der Waals surface area contributed by atoms with Gasteiger partial charge >= 0.3 is 0 Å². The van der Waals surface area contributed by atoms with E-state index in [0.717, 1.165) is 16.4 Å². The standard InChI is InChI=1S/C11H25NOSi/c1-4-10(11(2,3)13-14)9-6-5-7-12-8-9/h9-10,12H,4-8H2,1-3,14H3. The molecule has 2 nitrogen and oxygen atoms in total. The van der Waals surface area contributed by atoms with E-state index in [4.69, 9.17) is 4.43 Å². The van der Waals surface area contributed by atoms with Crippen LogP contribution in [-0.4, -0.2) is 29.2 Å². The SMILES string of the molecule is CCC(C1CCCNC1)C(C)(C)O[SiH3]. The highest BCUT2D eigenvalue weighted by molar-refractivity contribution is 5.98. The maximum absolute atomic E-state index is 5.76. The molecule has 0 amide bonds. The van der Waals surface area contributed by atoms with E-state index < -0.39 is 0 Å². The van der Waals surface area contributed by atoms with Crippen molar-refractivity contribution in [3.8, 4) is 0 Å². The lowest BCUT2D eigenvalue weighted by molar-refractivity contribution is 0.0117. The van der Waals surface area contributed by atoms with Crippen molar-refractivity contribution in [2.75, 3.05) is 13.1 Å². The molecular formula is C11H25NOSi.